The lowest BCUT2D eigenvalue weighted by molar-refractivity contribution is 0.0595. The average molecular weight is 433 g/mol. The summed E-state index contributed by atoms with van der Waals surface area (Å²) in [6.45, 7) is 1.82. The first-order valence-electron chi connectivity index (χ1n) is 9.63. The van der Waals surface area contributed by atoms with Crippen molar-refractivity contribution in [2.24, 2.45) is 0 Å². The first-order chi connectivity index (χ1) is 15.3. The Kier molecular flexibility index (Phi) is 5.23. The summed E-state index contributed by atoms with van der Waals surface area (Å²) in [6.07, 6.45) is 0. The fraction of sp³-hybridized carbons (Fsp3) is 0.130. The molecule has 1 aromatic heterocycles. The van der Waals surface area contributed by atoms with Crippen molar-refractivity contribution in [3.05, 3.63) is 86.7 Å². The Morgan fingerprint density at radius 2 is 1.78 bits per heavy atom. The fourth-order valence-electron chi connectivity index (χ4n) is 3.59. The zero-order valence-corrected chi connectivity index (χ0v) is 17.3. The van der Waals surface area contributed by atoms with Gasteiger partial charge >= 0.3 is 5.97 Å². The number of rotatable bonds is 5. The van der Waals surface area contributed by atoms with Gasteiger partial charge in [-0.1, -0.05) is 30.3 Å². The summed E-state index contributed by atoms with van der Waals surface area (Å²) in [4.78, 5) is 49.7. The zero-order chi connectivity index (χ0) is 23.0. The maximum Gasteiger partial charge on any atom is 0.341 e. The van der Waals surface area contributed by atoms with E-state index < -0.39 is 23.3 Å². The molecule has 162 valence electrons. The maximum absolute atomic E-state index is 13.0. The van der Waals surface area contributed by atoms with E-state index in [1.165, 1.54) is 7.11 Å². The molecule has 0 radical (unpaired) electrons. The predicted molar refractivity (Wildman–Crippen MR) is 115 cm³/mol. The number of benzene rings is 2. The van der Waals surface area contributed by atoms with Gasteiger partial charge in [0.25, 0.3) is 17.4 Å². The molecule has 0 unspecified atom stereocenters. The fourth-order valence-corrected chi connectivity index (χ4v) is 3.59. The summed E-state index contributed by atoms with van der Waals surface area (Å²) in [5.41, 5.74) is 7.02. The third-order valence-electron chi connectivity index (χ3n) is 5.04. The van der Waals surface area contributed by atoms with Crippen LogP contribution in [0, 0.1) is 6.92 Å². The Labute approximate surface area is 182 Å². The second-order valence-corrected chi connectivity index (χ2v) is 7.20. The van der Waals surface area contributed by atoms with Gasteiger partial charge in [-0.05, 0) is 30.2 Å². The number of pyridine rings is 1. The van der Waals surface area contributed by atoms with Crippen LogP contribution >= 0.6 is 0 Å². The van der Waals surface area contributed by atoms with Gasteiger partial charge in [0.1, 0.15) is 18.0 Å². The van der Waals surface area contributed by atoms with Crippen molar-refractivity contribution in [2.75, 3.05) is 12.8 Å². The Morgan fingerprint density at radius 3 is 2.47 bits per heavy atom. The van der Waals surface area contributed by atoms with E-state index in [1.54, 1.807) is 19.1 Å². The van der Waals surface area contributed by atoms with Gasteiger partial charge in [0, 0.05) is 6.07 Å². The molecular formula is C23H19N3O6. The third-order valence-corrected chi connectivity index (χ3v) is 5.04. The van der Waals surface area contributed by atoms with Gasteiger partial charge in [-0.3, -0.25) is 24.3 Å². The lowest BCUT2D eigenvalue weighted by Gasteiger charge is -2.19. The Hall–Kier alpha value is -4.40. The molecule has 1 aliphatic heterocycles. The third kappa shape index (κ3) is 3.49. The van der Waals surface area contributed by atoms with Gasteiger partial charge in [0.15, 0.2) is 5.75 Å². The van der Waals surface area contributed by atoms with Gasteiger partial charge in [-0.15, -0.1) is 0 Å². The van der Waals surface area contributed by atoms with Crippen LogP contribution < -0.4 is 21.3 Å². The van der Waals surface area contributed by atoms with Crippen LogP contribution in [0.4, 0.5) is 5.82 Å². The van der Waals surface area contributed by atoms with E-state index in [0.717, 1.165) is 16.2 Å². The number of esters is 1. The van der Waals surface area contributed by atoms with Crippen molar-refractivity contribution in [1.29, 1.82) is 0 Å². The molecule has 0 fully saturated rings. The van der Waals surface area contributed by atoms with Crippen LogP contribution in [0.1, 0.15) is 42.2 Å². The van der Waals surface area contributed by atoms with E-state index in [0.29, 0.717) is 5.56 Å². The van der Waals surface area contributed by atoms with Gasteiger partial charge < -0.3 is 15.2 Å². The zero-order valence-electron chi connectivity index (χ0n) is 17.3. The van der Waals surface area contributed by atoms with Crippen molar-refractivity contribution in [3.63, 3.8) is 0 Å². The summed E-state index contributed by atoms with van der Waals surface area (Å²) in [5.74, 6) is -2.24. The maximum atomic E-state index is 13.0. The number of nitrogens with one attached hydrogen (secondary N) is 1. The number of anilines is 1. The second kappa shape index (κ2) is 8.03. The largest absolute Gasteiger partial charge is 0.486 e. The van der Waals surface area contributed by atoms with Gasteiger partial charge in [0.2, 0.25) is 0 Å². The van der Waals surface area contributed by atoms with E-state index in [9.17, 15) is 19.2 Å². The molecule has 2 amide bonds. The highest BCUT2D eigenvalue weighted by Crippen LogP contribution is 2.33. The number of nitrogen functional groups attached to an aromatic ring is 1. The minimum atomic E-state index is -0.705. The molecule has 0 spiro atoms. The van der Waals surface area contributed by atoms with Crippen LogP contribution in [0.5, 0.6) is 5.75 Å². The molecule has 3 N–H and O–H groups in total. The number of hydrogen-bond acceptors (Lipinski definition) is 7. The van der Waals surface area contributed by atoms with Gasteiger partial charge in [-0.25, -0.2) is 4.79 Å². The number of hydrogen-bond donors (Lipinski definition) is 2. The van der Waals surface area contributed by atoms with E-state index in [-0.39, 0.29) is 40.6 Å². The molecular weight excluding hydrogens is 414 g/mol. The highest BCUT2D eigenvalue weighted by atomic mass is 16.5. The lowest BCUT2D eigenvalue weighted by Crippen LogP contribution is -2.25. The predicted octanol–water partition coefficient (Wildman–Crippen LogP) is 1.98. The number of nitrogens with zero attached hydrogens (tertiary/aromatic N) is 1. The first kappa shape index (κ1) is 20.9. The van der Waals surface area contributed by atoms with Gasteiger partial charge in [0.05, 0.1) is 23.9 Å². The molecule has 3 aromatic rings. The van der Waals surface area contributed by atoms with Crippen molar-refractivity contribution < 1.29 is 23.9 Å². The number of aryl methyl sites for hydroxylation is 1. The number of imide groups is 1. The molecule has 1 aliphatic rings. The number of amides is 2. The van der Waals surface area contributed by atoms with Crippen molar-refractivity contribution >= 4 is 23.6 Å². The van der Waals surface area contributed by atoms with Crippen molar-refractivity contribution in [2.45, 2.75) is 13.5 Å². The Balaban J connectivity index is 1.95. The molecule has 0 atom stereocenters. The molecule has 32 heavy (non-hydrogen) atoms. The summed E-state index contributed by atoms with van der Waals surface area (Å²) in [7, 11) is 1.23. The van der Waals surface area contributed by atoms with Crippen LogP contribution in [0.15, 0.2) is 53.3 Å². The number of aromatic nitrogens is 1. The number of carbonyl (C=O) groups is 3. The number of carbonyl (C=O) groups excluding carboxylic acids is 3. The molecule has 2 heterocycles. The summed E-state index contributed by atoms with van der Waals surface area (Å²) >= 11 is 0. The molecule has 4 rings (SSSR count). The number of fused-ring (bicyclic) bond motifs is 1. The minimum absolute atomic E-state index is 0.0600. The SMILES string of the molecule is COC(=O)c1cc(C)cc(-n2c(N)c3c(cc2=O)C(=O)NC3=O)c1OCc1ccccc1. The summed E-state index contributed by atoms with van der Waals surface area (Å²) in [5, 5.41) is 2.12. The van der Waals surface area contributed by atoms with E-state index in [4.69, 9.17) is 15.2 Å². The van der Waals surface area contributed by atoms with Crippen molar-refractivity contribution in [3.8, 4) is 11.4 Å². The molecule has 0 aliphatic carbocycles. The normalized spacial score (nSPS) is 12.3. The Bertz CT molecular complexity index is 1330. The summed E-state index contributed by atoms with van der Waals surface area (Å²) < 4.78 is 11.9. The van der Waals surface area contributed by atoms with Crippen molar-refractivity contribution in [1.82, 2.24) is 9.88 Å². The smallest absolute Gasteiger partial charge is 0.341 e. The van der Waals surface area contributed by atoms with E-state index in [1.807, 2.05) is 30.3 Å². The van der Waals surface area contributed by atoms with Crippen LogP contribution in [-0.4, -0.2) is 29.5 Å². The highest BCUT2D eigenvalue weighted by Gasteiger charge is 2.33. The number of ether oxygens (including phenoxy) is 2. The van der Waals surface area contributed by atoms with E-state index >= 15 is 0 Å². The number of nitrogens with two attached hydrogens (primary N) is 1. The average Bonchev–Trinajstić information content (AvgIpc) is 3.05. The first-order valence-corrected chi connectivity index (χ1v) is 9.63. The molecule has 2 aromatic carbocycles. The standard InChI is InChI=1S/C23H19N3O6/c1-12-8-15(23(30)31-2)19(32-11-13-6-4-3-5-7-13)16(9-12)26-17(27)10-14-18(20(26)24)22(29)25-21(14)28/h3-10H,11,24H2,1-2H3,(H,25,28,29). The molecule has 0 bridgehead atoms. The monoisotopic (exact) mass is 433 g/mol. The van der Waals surface area contributed by atoms with Crippen LogP contribution in [0.3, 0.4) is 0 Å². The molecule has 0 saturated carbocycles. The molecule has 0 saturated heterocycles. The van der Waals surface area contributed by atoms with Crippen LogP contribution in [0.2, 0.25) is 0 Å². The second-order valence-electron chi connectivity index (χ2n) is 7.20. The lowest BCUT2D eigenvalue weighted by atomic mass is 10.1. The molecule has 9 heteroatoms. The number of methoxy groups -OCH3 is 1. The summed E-state index contributed by atoms with van der Waals surface area (Å²) in [6, 6.07) is 13.4. The quantitative estimate of drug-likeness (QED) is 0.465. The minimum Gasteiger partial charge on any atom is -0.486 e. The van der Waals surface area contributed by atoms with E-state index in [2.05, 4.69) is 5.32 Å². The Morgan fingerprint density at radius 1 is 1.06 bits per heavy atom. The molecule has 9 nitrogen and oxygen atoms in total. The van der Waals surface area contributed by atoms with Gasteiger partial charge in [-0.2, -0.15) is 0 Å². The van der Waals surface area contributed by atoms with Crippen LogP contribution in [-0.2, 0) is 11.3 Å². The highest BCUT2D eigenvalue weighted by molar-refractivity contribution is 6.23. The van der Waals surface area contributed by atoms with Crippen LogP contribution in [0.25, 0.3) is 5.69 Å². The topological polar surface area (TPSA) is 130 Å².